The van der Waals surface area contributed by atoms with Gasteiger partial charge in [0.15, 0.2) is 0 Å². The Morgan fingerprint density at radius 3 is 1.54 bits per heavy atom. The minimum atomic E-state index is -0.934. The first-order valence-corrected chi connectivity index (χ1v) is 8.57. The number of benzene rings is 2. The smallest absolute Gasteiger partial charge is 0.434 e. The molecule has 148 valence electrons. The summed E-state index contributed by atoms with van der Waals surface area (Å²) in [5.74, 6) is -0.802. The average Bonchev–Trinajstić information content (AvgIpc) is 2.70. The van der Waals surface area contributed by atoms with Gasteiger partial charge in [0.2, 0.25) is 0 Å². The third-order valence-corrected chi connectivity index (χ3v) is 4.23. The van der Waals surface area contributed by atoms with Gasteiger partial charge in [-0.2, -0.15) is 0 Å². The number of carbonyl (C=O) groups excluding carboxylic acids is 1. The minimum Gasteiger partial charge on any atom is -0.434 e. The molecule has 2 unspecified atom stereocenters. The van der Waals surface area contributed by atoms with Crippen molar-refractivity contribution in [1.82, 2.24) is 0 Å². The molecule has 0 heterocycles. The van der Waals surface area contributed by atoms with Crippen LogP contribution in [0.3, 0.4) is 0 Å². The van der Waals surface area contributed by atoms with Gasteiger partial charge in [0, 0.05) is 35.1 Å². The number of nitrogens with zero attached hydrogens (tertiary/aromatic N) is 2. The fraction of sp³-hybridized carbons (Fsp3) is 0.316. The first kappa shape index (κ1) is 20.8. The highest BCUT2D eigenvalue weighted by atomic mass is 16.7. The van der Waals surface area contributed by atoms with Gasteiger partial charge in [0.1, 0.15) is 13.2 Å². The summed E-state index contributed by atoms with van der Waals surface area (Å²) in [4.78, 5) is 33.0. The number of hydrogen-bond acceptors (Lipinski definition) is 7. The van der Waals surface area contributed by atoms with Crippen LogP contribution in [-0.4, -0.2) is 29.2 Å². The molecule has 0 bridgehead atoms. The summed E-state index contributed by atoms with van der Waals surface area (Å²) in [5.41, 5.74) is 0.816. The highest BCUT2D eigenvalue weighted by Gasteiger charge is 2.22. The van der Waals surface area contributed by atoms with Crippen LogP contribution in [-0.2, 0) is 9.47 Å². The maximum atomic E-state index is 11.8. The number of ether oxygens (including phenoxy) is 2. The molecule has 2 atom stereocenters. The maximum Gasteiger partial charge on any atom is 0.508 e. The summed E-state index contributed by atoms with van der Waals surface area (Å²) in [7, 11) is 0. The molecule has 0 aliphatic carbocycles. The number of rotatable bonds is 8. The lowest BCUT2D eigenvalue weighted by Crippen LogP contribution is -2.16. The third kappa shape index (κ3) is 5.26. The molecular weight excluding hydrogens is 368 g/mol. The van der Waals surface area contributed by atoms with Gasteiger partial charge in [-0.3, -0.25) is 20.2 Å². The molecule has 2 rings (SSSR count). The van der Waals surface area contributed by atoms with Gasteiger partial charge in [-0.05, 0) is 0 Å². The lowest BCUT2D eigenvalue weighted by Gasteiger charge is -2.15. The van der Waals surface area contributed by atoms with E-state index < -0.39 is 27.8 Å². The van der Waals surface area contributed by atoms with E-state index in [1.807, 2.05) is 0 Å². The molecule has 0 amide bonds. The Kier molecular flexibility index (Phi) is 7.02. The molecule has 2 aromatic rings. The zero-order valence-electron chi connectivity index (χ0n) is 15.4. The van der Waals surface area contributed by atoms with Crippen molar-refractivity contribution in [1.29, 1.82) is 0 Å². The van der Waals surface area contributed by atoms with Crippen LogP contribution < -0.4 is 0 Å². The molecule has 9 nitrogen and oxygen atoms in total. The number of para-hydroxylation sites is 2. The van der Waals surface area contributed by atoms with E-state index >= 15 is 0 Å². The third-order valence-electron chi connectivity index (χ3n) is 4.23. The molecule has 28 heavy (non-hydrogen) atoms. The highest BCUT2D eigenvalue weighted by Crippen LogP contribution is 2.27. The fourth-order valence-corrected chi connectivity index (χ4v) is 2.75. The molecule has 0 radical (unpaired) electrons. The molecule has 0 saturated heterocycles. The Morgan fingerprint density at radius 1 is 0.821 bits per heavy atom. The van der Waals surface area contributed by atoms with E-state index in [9.17, 15) is 25.0 Å². The molecule has 0 aliphatic rings. The normalized spacial score (nSPS) is 12.6. The van der Waals surface area contributed by atoms with Crippen molar-refractivity contribution in [2.45, 2.75) is 25.7 Å². The monoisotopic (exact) mass is 388 g/mol. The Morgan fingerprint density at radius 2 is 1.18 bits per heavy atom. The maximum absolute atomic E-state index is 11.8. The van der Waals surface area contributed by atoms with Crippen LogP contribution in [0.25, 0.3) is 0 Å². The predicted octanol–water partition coefficient (Wildman–Crippen LogP) is 4.56. The number of nitro groups is 2. The lowest BCUT2D eigenvalue weighted by atomic mass is 10.0. The molecule has 0 fully saturated rings. The summed E-state index contributed by atoms with van der Waals surface area (Å²) in [6.45, 7) is 3.21. The Bertz CT molecular complexity index is 799. The Balaban J connectivity index is 1.90. The van der Waals surface area contributed by atoms with E-state index in [1.165, 1.54) is 12.1 Å². The van der Waals surface area contributed by atoms with Gasteiger partial charge in [-0.1, -0.05) is 50.2 Å². The second-order valence-corrected chi connectivity index (χ2v) is 6.31. The molecule has 0 aromatic heterocycles. The minimum absolute atomic E-state index is 0.0445. The van der Waals surface area contributed by atoms with Crippen molar-refractivity contribution in [3.63, 3.8) is 0 Å². The average molecular weight is 388 g/mol. The van der Waals surface area contributed by atoms with Gasteiger partial charge in [-0.25, -0.2) is 4.79 Å². The number of nitro benzene ring substituents is 2. The zero-order chi connectivity index (χ0) is 20.7. The van der Waals surface area contributed by atoms with Crippen molar-refractivity contribution in [2.75, 3.05) is 13.2 Å². The van der Waals surface area contributed by atoms with Crippen LogP contribution >= 0.6 is 0 Å². The quantitative estimate of drug-likeness (QED) is 0.369. The molecule has 2 aromatic carbocycles. The van der Waals surface area contributed by atoms with Crippen LogP contribution in [0, 0.1) is 20.2 Å². The van der Waals surface area contributed by atoms with Crippen molar-refractivity contribution in [3.8, 4) is 0 Å². The van der Waals surface area contributed by atoms with E-state index in [-0.39, 0.29) is 24.6 Å². The van der Waals surface area contributed by atoms with Crippen LogP contribution in [0.5, 0.6) is 0 Å². The second kappa shape index (κ2) is 9.45. The van der Waals surface area contributed by atoms with Gasteiger partial charge in [0.05, 0.1) is 9.85 Å². The van der Waals surface area contributed by atoms with Gasteiger partial charge >= 0.3 is 6.16 Å². The highest BCUT2D eigenvalue weighted by molar-refractivity contribution is 5.60. The van der Waals surface area contributed by atoms with E-state index in [0.717, 1.165) is 0 Å². The molecule has 0 N–H and O–H groups in total. The van der Waals surface area contributed by atoms with Crippen molar-refractivity contribution < 1.29 is 24.1 Å². The summed E-state index contributed by atoms with van der Waals surface area (Å²) in [6.07, 6.45) is -0.934. The van der Waals surface area contributed by atoms with Crippen LogP contribution in [0.2, 0.25) is 0 Å². The molecule has 0 saturated carbocycles. The van der Waals surface area contributed by atoms with E-state index in [1.54, 1.807) is 50.2 Å². The molecular formula is C19H20N2O7. The number of carbonyl (C=O) groups is 1. The summed E-state index contributed by atoms with van der Waals surface area (Å²) in [5, 5.41) is 22.2. The van der Waals surface area contributed by atoms with Gasteiger partial charge in [-0.15, -0.1) is 0 Å². The Hall–Kier alpha value is -3.49. The van der Waals surface area contributed by atoms with Crippen LogP contribution in [0.15, 0.2) is 48.5 Å². The summed E-state index contributed by atoms with van der Waals surface area (Å²) < 4.78 is 10.1. The Labute approximate surface area is 161 Å². The summed E-state index contributed by atoms with van der Waals surface area (Å²) in [6, 6.07) is 12.5. The van der Waals surface area contributed by atoms with Crippen molar-refractivity contribution in [2.24, 2.45) is 0 Å². The second-order valence-electron chi connectivity index (χ2n) is 6.31. The topological polar surface area (TPSA) is 122 Å². The van der Waals surface area contributed by atoms with Crippen molar-refractivity contribution in [3.05, 3.63) is 79.9 Å². The van der Waals surface area contributed by atoms with E-state index in [0.29, 0.717) is 11.1 Å². The van der Waals surface area contributed by atoms with Crippen LogP contribution in [0.4, 0.5) is 16.2 Å². The first-order valence-electron chi connectivity index (χ1n) is 8.57. The first-order chi connectivity index (χ1) is 13.3. The van der Waals surface area contributed by atoms with Crippen LogP contribution in [0.1, 0.15) is 36.8 Å². The lowest BCUT2D eigenvalue weighted by molar-refractivity contribution is -0.385. The predicted molar refractivity (Wildman–Crippen MR) is 100 cm³/mol. The van der Waals surface area contributed by atoms with E-state index in [4.69, 9.17) is 9.47 Å². The summed E-state index contributed by atoms with van der Waals surface area (Å²) >= 11 is 0. The molecule has 0 spiro atoms. The van der Waals surface area contributed by atoms with Gasteiger partial charge in [0.25, 0.3) is 11.4 Å². The standard InChI is InChI=1S/C19H20N2O7/c1-13(15-7-3-5-9-17(15)20(23)24)11-27-19(22)28-12-14(2)16-8-4-6-10-18(16)21(25)26/h3-10,13-14H,11-12H2,1-2H3. The molecule has 9 heteroatoms. The largest absolute Gasteiger partial charge is 0.508 e. The van der Waals surface area contributed by atoms with Gasteiger partial charge < -0.3 is 9.47 Å². The number of hydrogen-bond donors (Lipinski definition) is 0. The van der Waals surface area contributed by atoms with E-state index in [2.05, 4.69) is 0 Å². The fourth-order valence-electron chi connectivity index (χ4n) is 2.75. The zero-order valence-corrected chi connectivity index (χ0v) is 15.4. The van der Waals surface area contributed by atoms with Crippen molar-refractivity contribution >= 4 is 17.5 Å². The molecule has 0 aliphatic heterocycles. The SMILES string of the molecule is CC(COC(=O)OCC(C)c1ccccc1[N+](=O)[O-])c1ccccc1[N+](=O)[O-].